The average molecular weight is 833 g/mol. The lowest BCUT2D eigenvalue weighted by atomic mass is 9.68. The molecule has 0 bridgehead atoms. The van der Waals surface area contributed by atoms with E-state index in [1.165, 1.54) is 88.2 Å². The third-order valence-corrected chi connectivity index (χ3v) is 13.7. The Hall–Kier alpha value is -7.94. The highest BCUT2D eigenvalue weighted by atomic mass is 15.1. The topological polar surface area (TPSA) is 8.17 Å². The lowest BCUT2D eigenvalue weighted by Gasteiger charge is -2.34. The van der Waals surface area contributed by atoms with Gasteiger partial charge in [-0.1, -0.05) is 194 Å². The summed E-state index contributed by atoms with van der Waals surface area (Å²) in [5.74, 6) is 0. The van der Waals surface area contributed by atoms with Crippen LogP contribution in [0.2, 0.25) is 0 Å². The van der Waals surface area contributed by atoms with Gasteiger partial charge in [0.05, 0.1) is 16.6 Å². The van der Waals surface area contributed by atoms with Crippen LogP contribution in [0.3, 0.4) is 0 Å². The van der Waals surface area contributed by atoms with Crippen LogP contribution >= 0.6 is 0 Å². The monoisotopic (exact) mass is 832 g/mol. The Morgan fingerprint density at radius 2 is 0.954 bits per heavy atom. The minimum absolute atomic E-state index is 0.0844. The Labute approximate surface area is 381 Å². The normalized spacial score (nSPS) is 13.0. The van der Waals surface area contributed by atoms with E-state index >= 15 is 0 Å². The molecule has 1 aliphatic rings. The maximum atomic E-state index is 2.50. The van der Waals surface area contributed by atoms with Gasteiger partial charge in [0, 0.05) is 38.8 Å². The van der Waals surface area contributed by atoms with Gasteiger partial charge in [-0.2, -0.15) is 0 Å². The Bertz CT molecular complexity index is 3520. The highest BCUT2D eigenvalue weighted by Crippen LogP contribution is 2.57. The zero-order chi connectivity index (χ0) is 43.7. The van der Waals surface area contributed by atoms with Crippen molar-refractivity contribution in [1.82, 2.24) is 4.57 Å². The fourth-order valence-electron chi connectivity index (χ4n) is 11.0. The van der Waals surface area contributed by atoms with E-state index in [9.17, 15) is 0 Å². The van der Waals surface area contributed by atoms with Gasteiger partial charge in [-0.3, -0.25) is 0 Å². The van der Waals surface area contributed by atoms with Gasteiger partial charge in [0.25, 0.3) is 0 Å². The fourth-order valence-corrected chi connectivity index (χ4v) is 11.0. The molecule has 0 N–H and O–H groups in total. The molecule has 2 nitrogen and oxygen atoms in total. The number of benzene rings is 10. The van der Waals surface area contributed by atoms with E-state index in [1.54, 1.807) is 0 Å². The number of hydrogen-bond donors (Lipinski definition) is 0. The molecule has 11 aromatic rings. The van der Waals surface area contributed by atoms with Crippen molar-refractivity contribution in [3.8, 4) is 33.4 Å². The van der Waals surface area contributed by atoms with E-state index in [0.29, 0.717) is 0 Å². The maximum Gasteiger partial charge on any atom is 0.0713 e. The lowest BCUT2D eigenvalue weighted by Crippen LogP contribution is -2.28. The van der Waals surface area contributed by atoms with E-state index in [0.717, 1.165) is 17.1 Å². The van der Waals surface area contributed by atoms with Gasteiger partial charge >= 0.3 is 0 Å². The van der Waals surface area contributed by atoms with Gasteiger partial charge < -0.3 is 9.47 Å². The minimum Gasteiger partial charge on any atom is -0.335 e. The van der Waals surface area contributed by atoms with Crippen LogP contribution in [0.5, 0.6) is 0 Å². The molecular formula is C63H48N2. The molecule has 1 aliphatic carbocycles. The van der Waals surface area contributed by atoms with Crippen LogP contribution in [-0.2, 0) is 11.0 Å². The number of para-hydroxylation sites is 1. The number of rotatable bonds is 7. The summed E-state index contributed by atoms with van der Waals surface area (Å²) in [6.07, 6.45) is 0. The molecule has 10 aromatic carbocycles. The molecule has 0 saturated heterocycles. The fraction of sp³-hybridized carbons (Fsp3) is 0.0794. The van der Waals surface area contributed by atoms with Crippen molar-refractivity contribution < 1.29 is 0 Å². The largest absolute Gasteiger partial charge is 0.335 e. The third-order valence-electron chi connectivity index (χ3n) is 13.7. The Kier molecular flexibility index (Phi) is 9.00. The smallest absolute Gasteiger partial charge is 0.0713 e. The summed E-state index contributed by atoms with van der Waals surface area (Å²) in [5.41, 5.74) is 17.7. The summed E-state index contributed by atoms with van der Waals surface area (Å²) in [7, 11) is 0. The van der Waals surface area contributed by atoms with Crippen molar-refractivity contribution in [2.75, 3.05) is 4.90 Å². The standard InChI is InChI=1S/C63H48N2/c1-62(2,3)65-58-30-18-16-28-53(58)54-38-33-46(41-60(54)65)43-31-35-49(36-32-43)64(59-40-34-44-19-13-14-26-51(44)61(59)45-20-7-4-8-21-45)50-37-39-57-55(42-50)52-27-15-17-29-56(52)63(57,47-22-9-5-10-23-47)48-24-11-6-12-25-48/h4-42H,1-3H3. The molecule has 0 amide bonds. The van der Waals surface area contributed by atoms with Gasteiger partial charge in [0.1, 0.15) is 0 Å². The summed E-state index contributed by atoms with van der Waals surface area (Å²) in [6, 6.07) is 87.6. The molecular weight excluding hydrogens is 785 g/mol. The summed E-state index contributed by atoms with van der Waals surface area (Å²) < 4.78 is 2.50. The molecule has 2 heteroatoms. The van der Waals surface area contributed by atoms with E-state index in [-0.39, 0.29) is 5.54 Å². The first-order valence-corrected chi connectivity index (χ1v) is 22.8. The summed E-state index contributed by atoms with van der Waals surface area (Å²) >= 11 is 0. The lowest BCUT2D eigenvalue weighted by molar-refractivity contribution is 0.423. The van der Waals surface area contributed by atoms with Crippen molar-refractivity contribution in [1.29, 1.82) is 0 Å². The molecule has 1 aromatic heterocycles. The molecule has 0 radical (unpaired) electrons. The number of aromatic nitrogens is 1. The second-order valence-corrected chi connectivity index (χ2v) is 18.4. The molecule has 0 spiro atoms. The number of fused-ring (bicyclic) bond motifs is 7. The summed E-state index contributed by atoms with van der Waals surface area (Å²) in [5, 5.41) is 5.01. The highest BCUT2D eigenvalue weighted by Gasteiger charge is 2.46. The zero-order valence-corrected chi connectivity index (χ0v) is 36.9. The van der Waals surface area contributed by atoms with Gasteiger partial charge in [-0.15, -0.1) is 0 Å². The van der Waals surface area contributed by atoms with Crippen LogP contribution in [0.25, 0.3) is 66.0 Å². The minimum atomic E-state index is -0.475. The van der Waals surface area contributed by atoms with Crippen molar-refractivity contribution >= 4 is 49.6 Å². The van der Waals surface area contributed by atoms with Crippen molar-refractivity contribution in [3.63, 3.8) is 0 Å². The molecule has 0 atom stereocenters. The van der Waals surface area contributed by atoms with Gasteiger partial charge in [0.15, 0.2) is 0 Å². The SMILES string of the molecule is CC(C)(C)n1c2ccccc2c2ccc(-c3ccc(N(c4ccc5c(c4)-c4ccccc4C5(c4ccccc4)c4ccccc4)c4ccc5ccccc5c4-c4ccccc4)cc3)cc21. The molecule has 0 aliphatic heterocycles. The summed E-state index contributed by atoms with van der Waals surface area (Å²) in [4.78, 5) is 2.48. The van der Waals surface area contributed by atoms with Crippen LogP contribution in [0.15, 0.2) is 237 Å². The van der Waals surface area contributed by atoms with Crippen LogP contribution in [0.1, 0.15) is 43.0 Å². The first-order chi connectivity index (χ1) is 31.9. The van der Waals surface area contributed by atoms with Gasteiger partial charge in [0.2, 0.25) is 0 Å². The molecule has 310 valence electrons. The van der Waals surface area contributed by atoms with Gasteiger partial charge in [-0.05, 0) is 124 Å². The van der Waals surface area contributed by atoms with E-state index in [2.05, 4.69) is 267 Å². The second kappa shape index (κ2) is 15.1. The summed E-state index contributed by atoms with van der Waals surface area (Å²) in [6.45, 7) is 6.89. The zero-order valence-electron chi connectivity index (χ0n) is 36.9. The molecule has 0 saturated carbocycles. The number of hydrogen-bond acceptors (Lipinski definition) is 1. The van der Waals surface area contributed by atoms with E-state index in [1.807, 2.05) is 0 Å². The number of anilines is 3. The van der Waals surface area contributed by atoms with Crippen molar-refractivity contribution in [2.45, 2.75) is 31.7 Å². The van der Waals surface area contributed by atoms with E-state index in [4.69, 9.17) is 0 Å². The Balaban J connectivity index is 1.08. The van der Waals surface area contributed by atoms with Gasteiger partial charge in [-0.25, -0.2) is 0 Å². The molecule has 0 fully saturated rings. The van der Waals surface area contributed by atoms with Crippen LogP contribution in [-0.4, -0.2) is 4.57 Å². The van der Waals surface area contributed by atoms with Crippen LogP contribution < -0.4 is 4.90 Å². The third kappa shape index (κ3) is 6.09. The first-order valence-electron chi connectivity index (χ1n) is 22.8. The molecule has 1 heterocycles. The molecule has 65 heavy (non-hydrogen) atoms. The van der Waals surface area contributed by atoms with Crippen molar-refractivity contribution in [2.24, 2.45) is 0 Å². The molecule has 12 rings (SSSR count). The average Bonchev–Trinajstić information content (AvgIpc) is 3.86. The quantitative estimate of drug-likeness (QED) is 0.155. The highest BCUT2D eigenvalue weighted by molar-refractivity contribution is 6.10. The Morgan fingerprint density at radius 1 is 0.385 bits per heavy atom. The first kappa shape index (κ1) is 38.7. The predicted molar refractivity (Wildman–Crippen MR) is 275 cm³/mol. The maximum absolute atomic E-state index is 2.50. The molecule has 0 unspecified atom stereocenters. The Morgan fingerprint density at radius 3 is 1.68 bits per heavy atom. The predicted octanol–water partition coefficient (Wildman–Crippen LogP) is 16.9. The number of nitrogens with zero attached hydrogens (tertiary/aromatic N) is 2. The van der Waals surface area contributed by atoms with E-state index < -0.39 is 5.41 Å². The van der Waals surface area contributed by atoms with Crippen LogP contribution in [0.4, 0.5) is 17.1 Å². The second-order valence-electron chi connectivity index (χ2n) is 18.4. The van der Waals surface area contributed by atoms with Crippen molar-refractivity contribution in [3.05, 3.63) is 259 Å². The van der Waals surface area contributed by atoms with Crippen LogP contribution in [0, 0.1) is 0 Å².